The maximum Gasteiger partial charge on any atom is 0.0130 e. The van der Waals surface area contributed by atoms with Crippen molar-refractivity contribution in [3.05, 3.63) is 93.1 Å². The van der Waals surface area contributed by atoms with E-state index in [0.717, 1.165) is 5.57 Å². The van der Waals surface area contributed by atoms with Gasteiger partial charge in [-0.1, -0.05) is 66.3 Å². The molecular weight excluding hydrogens is 379 g/mol. The van der Waals surface area contributed by atoms with Crippen molar-refractivity contribution in [1.82, 2.24) is 0 Å². The van der Waals surface area contributed by atoms with Crippen LogP contribution in [0.3, 0.4) is 0 Å². The van der Waals surface area contributed by atoms with Crippen molar-refractivity contribution < 1.29 is 0 Å². The highest BCUT2D eigenvalue weighted by Gasteiger charge is 2.02. The number of aryl methyl sites for hydroxylation is 1. The molecule has 0 amide bonds. The van der Waals surface area contributed by atoms with Crippen LogP contribution in [0, 0.1) is 10.5 Å². The third-order valence-electron chi connectivity index (χ3n) is 3.46. The number of hydrogen-bond acceptors (Lipinski definition) is 0. The lowest BCUT2D eigenvalue weighted by Crippen LogP contribution is -1.86. The molecule has 0 spiro atoms. The van der Waals surface area contributed by atoms with Gasteiger partial charge in [-0.15, -0.1) is 0 Å². The van der Waals surface area contributed by atoms with Crippen molar-refractivity contribution in [2.24, 2.45) is 0 Å². The second kappa shape index (κ2) is 7.59. The predicted octanol–water partition coefficient (Wildman–Crippen LogP) is 6.66. The first-order valence-corrected chi connectivity index (χ1v) is 8.42. The summed E-state index contributed by atoms with van der Waals surface area (Å²) in [5, 5.41) is 0. The zero-order chi connectivity index (χ0) is 16.1. The van der Waals surface area contributed by atoms with E-state index in [9.17, 15) is 0 Å². The van der Waals surface area contributed by atoms with Gasteiger partial charge in [0.1, 0.15) is 0 Å². The van der Waals surface area contributed by atoms with Gasteiger partial charge in [-0.05, 0) is 77.8 Å². The van der Waals surface area contributed by atoms with Crippen molar-refractivity contribution in [2.75, 3.05) is 0 Å². The van der Waals surface area contributed by atoms with Crippen LogP contribution in [-0.2, 0) is 0 Å². The van der Waals surface area contributed by atoms with Gasteiger partial charge in [-0.2, -0.15) is 0 Å². The molecule has 0 aliphatic rings. The zero-order valence-corrected chi connectivity index (χ0v) is 15.5. The van der Waals surface area contributed by atoms with E-state index in [-0.39, 0.29) is 0 Å². The number of allylic oxidation sites excluding steroid dienone is 5. The average molecular weight is 400 g/mol. The lowest BCUT2D eigenvalue weighted by molar-refractivity contribution is 1.45. The highest BCUT2D eigenvalue weighted by molar-refractivity contribution is 14.1. The fourth-order valence-electron chi connectivity index (χ4n) is 2.25. The van der Waals surface area contributed by atoms with Gasteiger partial charge >= 0.3 is 0 Å². The van der Waals surface area contributed by atoms with Gasteiger partial charge in [0, 0.05) is 3.57 Å². The number of hydrogen-bond donors (Lipinski definition) is 0. The Bertz CT molecular complexity index is 714. The minimum absolute atomic E-state index is 1.06. The third kappa shape index (κ3) is 4.70. The van der Waals surface area contributed by atoms with Crippen LogP contribution in [0.25, 0.3) is 11.1 Å². The molecule has 112 valence electrons. The minimum atomic E-state index is 1.06. The summed E-state index contributed by atoms with van der Waals surface area (Å²) in [7, 11) is 0. The first-order valence-electron chi connectivity index (χ1n) is 7.34. The molecule has 2 aromatic carbocycles. The molecule has 0 fully saturated rings. The molecule has 2 rings (SSSR count). The number of benzene rings is 2. The van der Waals surface area contributed by atoms with E-state index >= 15 is 0 Å². The molecule has 0 nitrogen and oxygen atoms in total. The van der Waals surface area contributed by atoms with Crippen LogP contribution in [0.5, 0.6) is 0 Å². The summed E-state index contributed by atoms with van der Waals surface area (Å²) < 4.78 is 1.25. The molecule has 22 heavy (non-hydrogen) atoms. The maximum atomic E-state index is 4.02. The third-order valence-corrected chi connectivity index (χ3v) is 4.18. The molecule has 0 saturated heterocycles. The minimum Gasteiger partial charge on any atom is -0.0961 e. The van der Waals surface area contributed by atoms with Gasteiger partial charge in [0.05, 0.1) is 0 Å². The maximum absolute atomic E-state index is 4.02. The standard InChI is InChI=1S/C21H21I/c1-15(2)13-20(19-7-5-16(3)6-8-19)14-17(4)18-9-11-21(22)12-10-18/h5-14H,1H2,2-4H3/b17-14+,20-13+. The first kappa shape index (κ1) is 16.8. The van der Waals surface area contributed by atoms with Crippen molar-refractivity contribution >= 4 is 33.7 Å². The zero-order valence-electron chi connectivity index (χ0n) is 13.4. The number of rotatable bonds is 4. The monoisotopic (exact) mass is 400 g/mol. The van der Waals surface area contributed by atoms with E-state index in [4.69, 9.17) is 0 Å². The Balaban J connectivity index is 2.42. The van der Waals surface area contributed by atoms with Crippen LogP contribution in [0.1, 0.15) is 30.5 Å². The molecule has 0 aliphatic heterocycles. The van der Waals surface area contributed by atoms with Gasteiger partial charge in [-0.25, -0.2) is 0 Å². The molecule has 0 heterocycles. The van der Waals surface area contributed by atoms with Crippen LogP contribution >= 0.6 is 22.6 Å². The highest BCUT2D eigenvalue weighted by Crippen LogP contribution is 2.24. The number of halogens is 1. The van der Waals surface area contributed by atoms with E-state index in [2.05, 4.69) is 104 Å². The molecule has 2 aromatic rings. The molecule has 0 atom stereocenters. The molecule has 0 unspecified atom stereocenters. The molecule has 0 N–H and O–H groups in total. The highest BCUT2D eigenvalue weighted by atomic mass is 127. The summed E-state index contributed by atoms with van der Waals surface area (Å²) in [6.45, 7) is 10.3. The Morgan fingerprint density at radius 1 is 0.864 bits per heavy atom. The molecule has 0 aliphatic carbocycles. The normalized spacial score (nSPS) is 12.4. The summed E-state index contributed by atoms with van der Waals surface area (Å²) in [5.41, 5.74) is 7.26. The lowest BCUT2D eigenvalue weighted by atomic mass is 9.98. The molecular formula is C21H21I. The van der Waals surface area contributed by atoms with E-state index < -0.39 is 0 Å². The molecule has 0 bridgehead atoms. The van der Waals surface area contributed by atoms with Gasteiger partial charge in [0.25, 0.3) is 0 Å². The van der Waals surface area contributed by atoms with E-state index in [1.54, 1.807) is 0 Å². The summed E-state index contributed by atoms with van der Waals surface area (Å²) >= 11 is 2.33. The Morgan fingerprint density at radius 3 is 1.95 bits per heavy atom. The fraction of sp³-hybridized carbons (Fsp3) is 0.143. The van der Waals surface area contributed by atoms with Crippen molar-refractivity contribution in [2.45, 2.75) is 20.8 Å². The van der Waals surface area contributed by atoms with Gasteiger partial charge in [-0.3, -0.25) is 0 Å². The topological polar surface area (TPSA) is 0 Å². The first-order chi connectivity index (χ1) is 10.5. The molecule has 0 radical (unpaired) electrons. The van der Waals surface area contributed by atoms with Crippen LogP contribution in [-0.4, -0.2) is 0 Å². The largest absolute Gasteiger partial charge is 0.0961 e. The SMILES string of the molecule is C=C(C)/C=C(\C=C(/C)c1ccc(I)cc1)c1ccc(C)cc1. The molecule has 0 saturated carbocycles. The summed E-state index contributed by atoms with van der Waals surface area (Å²) in [6.07, 6.45) is 4.38. The summed E-state index contributed by atoms with van der Waals surface area (Å²) in [6, 6.07) is 17.2. The van der Waals surface area contributed by atoms with E-state index in [0.29, 0.717) is 0 Å². The predicted molar refractivity (Wildman–Crippen MR) is 107 cm³/mol. The average Bonchev–Trinajstić information content (AvgIpc) is 2.47. The quantitative estimate of drug-likeness (QED) is 0.398. The molecule has 0 aromatic heterocycles. The Hall–Kier alpha value is -1.61. The lowest BCUT2D eigenvalue weighted by Gasteiger charge is -2.08. The van der Waals surface area contributed by atoms with E-state index in [1.807, 2.05) is 6.92 Å². The Labute approximate surface area is 147 Å². The smallest absolute Gasteiger partial charge is 0.0130 e. The van der Waals surface area contributed by atoms with Crippen molar-refractivity contribution in [3.63, 3.8) is 0 Å². The Morgan fingerprint density at radius 2 is 1.41 bits per heavy atom. The summed E-state index contributed by atoms with van der Waals surface area (Å²) in [4.78, 5) is 0. The van der Waals surface area contributed by atoms with Gasteiger partial charge < -0.3 is 0 Å². The summed E-state index contributed by atoms with van der Waals surface area (Å²) in [5.74, 6) is 0. The Kier molecular flexibility index (Phi) is 5.78. The van der Waals surface area contributed by atoms with Crippen LogP contribution < -0.4 is 0 Å². The van der Waals surface area contributed by atoms with Crippen LogP contribution in [0.15, 0.2) is 72.8 Å². The van der Waals surface area contributed by atoms with Crippen LogP contribution in [0.4, 0.5) is 0 Å². The molecule has 1 heteroatoms. The van der Waals surface area contributed by atoms with Crippen molar-refractivity contribution in [1.29, 1.82) is 0 Å². The second-order valence-corrected chi connectivity index (χ2v) is 6.89. The van der Waals surface area contributed by atoms with E-state index in [1.165, 1.54) is 31.4 Å². The van der Waals surface area contributed by atoms with Crippen LogP contribution in [0.2, 0.25) is 0 Å². The van der Waals surface area contributed by atoms with Crippen molar-refractivity contribution in [3.8, 4) is 0 Å². The second-order valence-electron chi connectivity index (χ2n) is 5.65. The van der Waals surface area contributed by atoms with Gasteiger partial charge in [0.2, 0.25) is 0 Å². The van der Waals surface area contributed by atoms with Gasteiger partial charge in [0.15, 0.2) is 0 Å². The fourth-order valence-corrected chi connectivity index (χ4v) is 2.61.